The molecule has 0 aliphatic heterocycles. The Hall–Kier alpha value is -0.240. The first-order chi connectivity index (χ1) is 7.94. The highest BCUT2D eigenvalue weighted by Crippen LogP contribution is 2.38. The Labute approximate surface area is 120 Å². The minimum Gasteiger partial charge on any atom is -0.334 e. The predicted molar refractivity (Wildman–Crippen MR) is 74.8 cm³/mol. The van der Waals surface area contributed by atoms with Crippen LogP contribution in [0.15, 0.2) is 18.2 Å². The molecule has 0 saturated carbocycles. The number of aromatic nitrogens is 2. The van der Waals surface area contributed by atoms with E-state index >= 15 is 0 Å². The number of nitrogens with two attached hydrogens (primary N) is 1. The van der Waals surface area contributed by atoms with Gasteiger partial charge in [0.2, 0.25) is 0 Å². The van der Waals surface area contributed by atoms with Gasteiger partial charge in [-0.25, -0.2) is 0 Å². The Morgan fingerprint density at radius 1 is 1.53 bits per heavy atom. The zero-order chi connectivity index (χ0) is 12.6. The van der Waals surface area contributed by atoms with Gasteiger partial charge in [-0.05, 0) is 51.3 Å². The Bertz CT molecular complexity index is 535. The van der Waals surface area contributed by atoms with Crippen molar-refractivity contribution in [1.29, 1.82) is 0 Å². The van der Waals surface area contributed by atoms with Gasteiger partial charge in [0.15, 0.2) is 5.82 Å². The highest BCUT2D eigenvalue weighted by molar-refractivity contribution is 9.12. The molecule has 7 heteroatoms. The number of rotatable bonds is 3. The standard InChI is InChI=1S/C10H11Br2N3OS/c1-3-10(2,13)9-14-8(16-15-9)5-4-6(11)17-7(5)12/h4H,3,13H2,1-2H3. The first-order valence-corrected chi connectivity index (χ1v) is 7.42. The molecule has 0 spiro atoms. The number of hydrogen-bond donors (Lipinski definition) is 1. The van der Waals surface area contributed by atoms with Crippen molar-refractivity contribution in [3.8, 4) is 11.5 Å². The molecule has 4 nitrogen and oxygen atoms in total. The summed E-state index contributed by atoms with van der Waals surface area (Å²) >= 11 is 8.44. The maximum atomic E-state index is 6.07. The second kappa shape index (κ2) is 4.79. The monoisotopic (exact) mass is 379 g/mol. The molecule has 2 aromatic heterocycles. The lowest BCUT2D eigenvalue weighted by molar-refractivity contribution is 0.379. The van der Waals surface area contributed by atoms with Gasteiger partial charge in [0, 0.05) is 0 Å². The third-order valence-electron chi connectivity index (χ3n) is 2.56. The summed E-state index contributed by atoms with van der Waals surface area (Å²) in [6.45, 7) is 3.88. The highest BCUT2D eigenvalue weighted by atomic mass is 79.9. The third-order valence-corrected chi connectivity index (χ3v) is 4.90. The summed E-state index contributed by atoms with van der Waals surface area (Å²) in [5.74, 6) is 1.02. The molecular weight excluding hydrogens is 370 g/mol. The molecule has 2 rings (SSSR count). The van der Waals surface area contributed by atoms with Gasteiger partial charge in [-0.3, -0.25) is 0 Å². The lowest BCUT2D eigenvalue weighted by atomic mass is 10.0. The predicted octanol–water partition coefficient (Wildman–Crippen LogP) is 3.91. The average molecular weight is 381 g/mol. The summed E-state index contributed by atoms with van der Waals surface area (Å²) in [5.41, 5.74) is 6.40. The molecule has 2 N–H and O–H groups in total. The Balaban J connectivity index is 2.40. The van der Waals surface area contributed by atoms with Gasteiger partial charge in [0.05, 0.1) is 18.7 Å². The van der Waals surface area contributed by atoms with Gasteiger partial charge in [0.25, 0.3) is 5.89 Å². The molecule has 0 amide bonds. The van der Waals surface area contributed by atoms with Crippen LogP contribution >= 0.6 is 43.2 Å². The molecule has 17 heavy (non-hydrogen) atoms. The lowest BCUT2D eigenvalue weighted by Crippen LogP contribution is -2.33. The van der Waals surface area contributed by atoms with E-state index in [2.05, 4.69) is 42.0 Å². The molecule has 0 fully saturated rings. The van der Waals surface area contributed by atoms with Gasteiger partial charge < -0.3 is 10.3 Å². The van der Waals surface area contributed by atoms with E-state index in [4.69, 9.17) is 10.3 Å². The van der Waals surface area contributed by atoms with E-state index in [1.54, 1.807) is 11.3 Å². The van der Waals surface area contributed by atoms with Crippen LogP contribution in [-0.4, -0.2) is 10.1 Å². The summed E-state index contributed by atoms with van der Waals surface area (Å²) in [5, 5.41) is 3.94. The van der Waals surface area contributed by atoms with Crippen molar-refractivity contribution in [2.45, 2.75) is 25.8 Å². The zero-order valence-corrected chi connectivity index (χ0v) is 13.3. The van der Waals surface area contributed by atoms with Gasteiger partial charge in [0.1, 0.15) is 0 Å². The van der Waals surface area contributed by atoms with Gasteiger partial charge >= 0.3 is 0 Å². The van der Waals surface area contributed by atoms with Crippen LogP contribution in [0.25, 0.3) is 11.5 Å². The second-order valence-corrected chi connectivity index (χ2v) is 7.68. The highest BCUT2D eigenvalue weighted by Gasteiger charge is 2.26. The molecule has 1 unspecified atom stereocenters. The van der Waals surface area contributed by atoms with Crippen LogP contribution in [0.5, 0.6) is 0 Å². The van der Waals surface area contributed by atoms with E-state index in [-0.39, 0.29) is 0 Å². The summed E-state index contributed by atoms with van der Waals surface area (Å²) in [4.78, 5) is 4.35. The molecule has 0 aliphatic rings. The molecule has 0 bridgehead atoms. The van der Waals surface area contributed by atoms with Gasteiger partial charge in [-0.1, -0.05) is 12.1 Å². The maximum absolute atomic E-state index is 6.07. The van der Waals surface area contributed by atoms with Crippen LogP contribution in [0.4, 0.5) is 0 Å². The summed E-state index contributed by atoms with van der Waals surface area (Å²) in [7, 11) is 0. The van der Waals surface area contributed by atoms with Crippen LogP contribution < -0.4 is 5.73 Å². The molecule has 0 aromatic carbocycles. The van der Waals surface area contributed by atoms with Crippen LogP contribution in [0.1, 0.15) is 26.1 Å². The van der Waals surface area contributed by atoms with Crippen molar-refractivity contribution >= 4 is 43.2 Å². The van der Waals surface area contributed by atoms with Crippen LogP contribution in [0.2, 0.25) is 0 Å². The van der Waals surface area contributed by atoms with E-state index in [0.717, 1.165) is 19.6 Å². The quantitative estimate of drug-likeness (QED) is 0.876. The average Bonchev–Trinajstić information content (AvgIpc) is 2.85. The number of nitrogens with zero attached hydrogens (tertiary/aromatic N) is 2. The molecule has 0 saturated heterocycles. The van der Waals surface area contributed by atoms with Crippen LogP contribution in [-0.2, 0) is 5.54 Å². The first-order valence-electron chi connectivity index (χ1n) is 5.02. The first kappa shape index (κ1) is 13.2. The van der Waals surface area contributed by atoms with Crippen LogP contribution in [0, 0.1) is 0 Å². The van der Waals surface area contributed by atoms with E-state index in [1.165, 1.54) is 0 Å². The zero-order valence-electron chi connectivity index (χ0n) is 9.33. The van der Waals surface area contributed by atoms with Crippen molar-refractivity contribution in [1.82, 2.24) is 10.1 Å². The number of halogens is 2. The molecule has 0 aliphatic carbocycles. The van der Waals surface area contributed by atoms with E-state index < -0.39 is 5.54 Å². The molecule has 2 aromatic rings. The van der Waals surface area contributed by atoms with Crippen molar-refractivity contribution < 1.29 is 4.52 Å². The van der Waals surface area contributed by atoms with E-state index in [9.17, 15) is 0 Å². The molecule has 1 atom stereocenters. The van der Waals surface area contributed by atoms with Crippen molar-refractivity contribution in [2.24, 2.45) is 5.73 Å². The minimum atomic E-state index is -0.554. The van der Waals surface area contributed by atoms with E-state index in [1.807, 2.05) is 19.9 Å². The topological polar surface area (TPSA) is 64.9 Å². The van der Waals surface area contributed by atoms with E-state index in [0.29, 0.717) is 11.7 Å². The molecule has 2 heterocycles. The van der Waals surface area contributed by atoms with Crippen molar-refractivity contribution in [3.63, 3.8) is 0 Å². The fourth-order valence-electron chi connectivity index (χ4n) is 1.21. The number of thiophene rings is 1. The molecule has 0 radical (unpaired) electrons. The lowest BCUT2D eigenvalue weighted by Gasteiger charge is -2.16. The summed E-state index contributed by atoms with van der Waals surface area (Å²) in [6.07, 6.45) is 0.750. The minimum absolute atomic E-state index is 0.485. The van der Waals surface area contributed by atoms with Gasteiger partial charge in [-0.15, -0.1) is 11.3 Å². The van der Waals surface area contributed by atoms with Crippen LogP contribution in [0.3, 0.4) is 0 Å². The Morgan fingerprint density at radius 3 is 2.76 bits per heavy atom. The van der Waals surface area contributed by atoms with Crippen molar-refractivity contribution in [3.05, 3.63) is 19.5 Å². The van der Waals surface area contributed by atoms with Crippen molar-refractivity contribution in [2.75, 3.05) is 0 Å². The normalized spacial score (nSPS) is 14.9. The summed E-state index contributed by atoms with van der Waals surface area (Å²) < 4.78 is 7.21. The second-order valence-electron chi connectivity index (χ2n) is 3.93. The fraction of sp³-hybridized carbons (Fsp3) is 0.400. The van der Waals surface area contributed by atoms with Gasteiger partial charge in [-0.2, -0.15) is 4.98 Å². The number of hydrogen-bond acceptors (Lipinski definition) is 5. The third kappa shape index (κ3) is 2.62. The Kier molecular flexibility index (Phi) is 3.72. The largest absolute Gasteiger partial charge is 0.334 e. The smallest absolute Gasteiger partial charge is 0.260 e. The fourth-order valence-corrected chi connectivity index (χ4v) is 3.99. The maximum Gasteiger partial charge on any atom is 0.260 e. The summed E-state index contributed by atoms with van der Waals surface area (Å²) in [6, 6.07) is 1.94. The molecular formula is C10H11Br2N3OS. The Morgan fingerprint density at radius 2 is 2.24 bits per heavy atom. The SMILES string of the molecule is CCC(C)(N)c1noc(-c2cc(Br)sc2Br)n1. The molecule has 92 valence electrons.